The van der Waals surface area contributed by atoms with Crippen LogP contribution in [-0.4, -0.2) is 41.9 Å². The van der Waals surface area contributed by atoms with E-state index < -0.39 is 27.9 Å². The summed E-state index contributed by atoms with van der Waals surface area (Å²) in [5.74, 6) is -1.04. The number of ether oxygens (including phenoxy) is 1. The lowest BCUT2D eigenvalue weighted by Gasteiger charge is -2.24. The van der Waals surface area contributed by atoms with E-state index in [4.69, 9.17) is 16.3 Å². The second-order valence-corrected chi connectivity index (χ2v) is 10.6. The SMILES string of the molecule is Cc1cc(OCCc2nc([C@@H]3CCCN3S(=O)(=O)c3ccc(F)cc3)ccc2C(=O)O)ccc1Cl. The van der Waals surface area contributed by atoms with Crippen LogP contribution in [0.15, 0.2) is 59.5 Å². The maximum Gasteiger partial charge on any atom is 0.337 e. The first-order valence-electron chi connectivity index (χ1n) is 11.1. The van der Waals surface area contributed by atoms with Crippen molar-refractivity contribution in [1.82, 2.24) is 9.29 Å². The summed E-state index contributed by atoms with van der Waals surface area (Å²) in [5.41, 5.74) is 1.68. The number of sulfonamides is 1. The van der Waals surface area contributed by atoms with E-state index in [0.717, 1.165) is 17.7 Å². The third kappa shape index (κ3) is 5.47. The number of carboxylic acids is 1. The Morgan fingerprint density at radius 1 is 1.20 bits per heavy atom. The van der Waals surface area contributed by atoms with Gasteiger partial charge in [0.15, 0.2) is 0 Å². The predicted molar refractivity (Wildman–Crippen MR) is 129 cm³/mol. The van der Waals surface area contributed by atoms with Crippen LogP contribution in [0.1, 0.15) is 46.2 Å². The van der Waals surface area contributed by atoms with Gasteiger partial charge in [-0.15, -0.1) is 0 Å². The highest BCUT2D eigenvalue weighted by Crippen LogP contribution is 2.36. The Morgan fingerprint density at radius 2 is 1.94 bits per heavy atom. The molecule has 0 unspecified atom stereocenters. The number of halogens is 2. The van der Waals surface area contributed by atoms with E-state index in [2.05, 4.69) is 4.98 Å². The zero-order valence-corrected chi connectivity index (χ0v) is 20.5. The molecule has 0 spiro atoms. The fourth-order valence-corrected chi connectivity index (χ4v) is 5.91. The Balaban J connectivity index is 1.57. The lowest BCUT2D eigenvalue weighted by molar-refractivity contribution is 0.0694. The van der Waals surface area contributed by atoms with Crippen molar-refractivity contribution >= 4 is 27.6 Å². The van der Waals surface area contributed by atoms with Crippen LogP contribution in [0.4, 0.5) is 4.39 Å². The second kappa shape index (κ2) is 10.3. The predicted octanol–water partition coefficient (Wildman–Crippen LogP) is 5.03. The van der Waals surface area contributed by atoms with Crippen LogP contribution < -0.4 is 4.74 Å². The molecule has 3 aromatic rings. The number of hydrogen-bond acceptors (Lipinski definition) is 5. The summed E-state index contributed by atoms with van der Waals surface area (Å²) in [6.45, 7) is 2.33. The van der Waals surface area contributed by atoms with E-state index in [1.807, 2.05) is 6.92 Å². The molecule has 1 aromatic heterocycles. The summed E-state index contributed by atoms with van der Waals surface area (Å²) < 4.78 is 46.9. The maximum absolute atomic E-state index is 13.3. The highest BCUT2D eigenvalue weighted by Gasteiger charge is 2.37. The number of aromatic nitrogens is 1. The van der Waals surface area contributed by atoms with Crippen LogP contribution in [-0.2, 0) is 16.4 Å². The molecule has 1 saturated heterocycles. The van der Waals surface area contributed by atoms with Gasteiger partial charge in [0.25, 0.3) is 0 Å². The largest absolute Gasteiger partial charge is 0.493 e. The molecule has 1 fully saturated rings. The fourth-order valence-electron chi connectivity index (χ4n) is 4.13. The van der Waals surface area contributed by atoms with Crippen molar-refractivity contribution in [2.75, 3.05) is 13.2 Å². The summed E-state index contributed by atoms with van der Waals surface area (Å²) in [6.07, 6.45) is 1.39. The first-order chi connectivity index (χ1) is 16.7. The van der Waals surface area contributed by atoms with Crippen LogP contribution >= 0.6 is 11.6 Å². The molecule has 7 nitrogen and oxygen atoms in total. The lowest BCUT2D eigenvalue weighted by Crippen LogP contribution is -2.31. The van der Waals surface area contributed by atoms with E-state index in [0.29, 0.717) is 41.5 Å². The zero-order chi connectivity index (χ0) is 25.2. The minimum absolute atomic E-state index is 0.000150. The molecule has 2 aromatic carbocycles. The van der Waals surface area contributed by atoms with Crippen LogP contribution in [0.5, 0.6) is 5.75 Å². The molecule has 0 amide bonds. The van der Waals surface area contributed by atoms with Crippen LogP contribution in [0.3, 0.4) is 0 Å². The molecule has 1 aliphatic rings. The summed E-state index contributed by atoms with van der Waals surface area (Å²) in [6, 6.07) is 12.4. The number of benzene rings is 2. The number of aryl methyl sites for hydroxylation is 1. The minimum Gasteiger partial charge on any atom is -0.493 e. The molecule has 2 heterocycles. The number of carboxylic acid groups (broad SMARTS) is 1. The number of nitrogens with zero attached hydrogens (tertiary/aromatic N) is 2. The normalized spacial score (nSPS) is 16.4. The Labute approximate surface area is 208 Å². The van der Waals surface area contributed by atoms with Crippen LogP contribution in [0.25, 0.3) is 0 Å². The Morgan fingerprint density at radius 3 is 2.63 bits per heavy atom. The van der Waals surface area contributed by atoms with Crippen molar-refractivity contribution < 1.29 is 27.4 Å². The van der Waals surface area contributed by atoms with Crippen molar-refractivity contribution in [2.24, 2.45) is 0 Å². The van der Waals surface area contributed by atoms with Crippen molar-refractivity contribution in [3.05, 3.63) is 88.0 Å². The quantitative estimate of drug-likeness (QED) is 0.449. The molecule has 35 heavy (non-hydrogen) atoms. The van der Waals surface area contributed by atoms with Crippen molar-refractivity contribution in [1.29, 1.82) is 0 Å². The maximum atomic E-state index is 13.3. The van der Waals surface area contributed by atoms with Gasteiger partial charge in [0, 0.05) is 18.0 Å². The van der Waals surface area contributed by atoms with Crippen LogP contribution in [0.2, 0.25) is 5.02 Å². The van der Waals surface area contributed by atoms with Gasteiger partial charge in [0.05, 0.1) is 34.5 Å². The van der Waals surface area contributed by atoms with E-state index in [1.54, 1.807) is 24.3 Å². The van der Waals surface area contributed by atoms with Crippen molar-refractivity contribution in [3.8, 4) is 5.75 Å². The fraction of sp³-hybridized carbons (Fsp3) is 0.280. The van der Waals surface area contributed by atoms with Gasteiger partial charge >= 0.3 is 5.97 Å². The van der Waals surface area contributed by atoms with Gasteiger partial charge < -0.3 is 9.84 Å². The summed E-state index contributed by atoms with van der Waals surface area (Å²) >= 11 is 6.04. The molecule has 184 valence electrons. The summed E-state index contributed by atoms with van der Waals surface area (Å²) in [4.78, 5) is 16.3. The molecule has 4 rings (SSSR count). The standard InChI is InChI=1S/C25H24ClFN2O5S/c1-16-15-18(6-10-21(16)26)34-14-12-22-20(25(30)31)9-11-23(28-22)24-3-2-13-29(24)35(32,33)19-7-4-17(27)5-8-19/h4-11,15,24H,2-3,12-14H2,1H3,(H,30,31)/t24-/m0/s1. The smallest absolute Gasteiger partial charge is 0.337 e. The first-order valence-corrected chi connectivity index (χ1v) is 12.9. The van der Waals surface area contributed by atoms with Gasteiger partial charge in [-0.1, -0.05) is 11.6 Å². The average Bonchev–Trinajstić information content (AvgIpc) is 3.32. The van der Waals surface area contributed by atoms with E-state index in [1.165, 1.54) is 22.5 Å². The third-order valence-electron chi connectivity index (χ3n) is 5.93. The van der Waals surface area contributed by atoms with Gasteiger partial charge in [0.2, 0.25) is 10.0 Å². The molecule has 10 heteroatoms. The number of pyridine rings is 1. The van der Waals surface area contributed by atoms with Gasteiger partial charge in [-0.2, -0.15) is 4.31 Å². The summed E-state index contributed by atoms with van der Waals surface area (Å²) in [5, 5.41) is 10.2. The molecular weight excluding hydrogens is 495 g/mol. The molecule has 0 saturated carbocycles. The van der Waals surface area contributed by atoms with E-state index in [9.17, 15) is 22.7 Å². The second-order valence-electron chi connectivity index (χ2n) is 8.27. The highest BCUT2D eigenvalue weighted by atomic mass is 35.5. The van der Waals surface area contributed by atoms with Crippen LogP contribution in [0, 0.1) is 12.7 Å². The van der Waals surface area contributed by atoms with E-state index in [-0.39, 0.29) is 23.5 Å². The van der Waals surface area contributed by atoms with Gasteiger partial charge in [0.1, 0.15) is 11.6 Å². The Bertz CT molecular complexity index is 1350. The molecule has 0 aliphatic carbocycles. The molecule has 0 bridgehead atoms. The topological polar surface area (TPSA) is 96.8 Å². The monoisotopic (exact) mass is 518 g/mol. The highest BCUT2D eigenvalue weighted by molar-refractivity contribution is 7.89. The van der Waals surface area contributed by atoms with E-state index >= 15 is 0 Å². The van der Waals surface area contributed by atoms with Crippen molar-refractivity contribution in [2.45, 2.75) is 37.1 Å². The van der Waals surface area contributed by atoms with Gasteiger partial charge in [-0.05, 0) is 79.9 Å². The Hall–Kier alpha value is -3.01. The molecule has 1 aliphatic heterocycles. The Kier molecular flexibility index (Phi) is 7.39. The third-order valence-corrected chi connectivity index (χ3v) is 8.27. The van der Waals surface area contributed by atoms with Gasteiger partial charge in [-0.3, -0.25) is 4.98 Å². The first kappa shape index (κ1) is 25.1. The van der Waals surface area contributed by atoms with Crippen molar-refractivity contribution in [3.63, 3.8) is 0 Å². The van der Waals surface area contributed by atoms with Gasteiger partial charge in [-0.25, -0.2) is 17.6 Å². The number of aromatic carboxylic acids is 1. The average molecular weight is 519 g/mol. The zero-order valence-electron chi connectivity index (χ0n) is 18.9. The minimum atomic E-state index is -3.88. The molecule has 1 atom stereocenters. The number of carbonyl (C=O) groups is 1. The molecule has 0 radical (unpaired) electrons. The molecule has 1 N–H and O–H groups in total. The summed E-state index contributed by atoms with van der Waals surface area (Å²) in [7, 11) is -3.88. The molecular formula is C25H24ClFN2O5S. The lowest BCUT2D eigenvalue weighted by atomic mass is 10.1. The number of hydrogen-bond donors (Lipinski definition) is 1. The number of rotatable bonds is 8.